The Bertz CT molecular complexity index is 1280. The molecule has 218 valence electrons. The number of amides is 1. The Balaban J connectivity index is 1.69. The fourth-order valence-electron chi connectivity index (χ4n) is 5.59. The summed E-state index contributed by atoms with van der Waals surface area (Å²) >= 11 is 12.1. The van der Waals surface area contributed by atoms with Crippen molar-refractivity contribution in [2.24, 2.45) is 5.41 Å². The highest BCUT2D eigenvalue weighted by molar-refractivity contribution is 6.39. The van der Waals surface area contributed by atoms with E-state index in [0.717, 1.165) is 23.5 Å². The summed E-state index contributed by atoms with van der Waals surface area (Å²) in [4.78, 5) is 42.9. The van der Waals surface area contributed by atoms with E-state index in [0.29, 0.717) is 17.5 Å². The van der Waals surface area contributed by atoms with E-state index in [9.17, 15) is 32.7 Å². The molecular formula is C26H28Cl2F4N4O4. The topological polar surface area (TPSA) is 105 Å². The van der Waals surface area contributed by atoms with Crippen LogP contribution in [-0.4, -0.2) is 61.2 Å². The van der Waals surface area contributed by atoms with Crippen molar-refractivity contribution in [3.63, 3.8) is 0 Å². The van der Waals surface area contributed by atoms with Gasteiger partial charge in [-0.25, -0.2) is 4.39 Å². The van der Waals surface area contributed by atoms with E-state index in [1.54, 1.807) is 6.92 Å². The largest absolute Gasteiger partial charge is 0.481 e. The number of pyridine rings is 1. The van der Waals surface area contributed by atoms with Crippen molar-refractivity contribution in [1.29, 1.82) is 0 Å². The fraction of sp³-hybridized carbons (Fsp3) is 0.577. The molecule has 0 aromatic carbocycles. The van der Waals surface area contributed by atoms with Gasteiger partial charge in [-0.05, 0) is 45.4 Å². The summed E-state index contributed by atoms with van der Waals surface area (Å²) in [5.74, 6) is -3.02. The van der Waals surface area contributed by atoms with Crippen molar-refractivity contribution in [2.75, 3.05) is 13.1 Å². The third kappa shape index (κ3) is 6.12. The average Bonchev–Trinajstić information content (AvgIpc) is 3.50. The van der Waals surface area contributed by atoms with E-state index >= 15 is 4.39 Å². The number of rotatable bonds is 8. The van der Waals surface area contributed by atoms with Gasteiger partial charge in [0.2, 0.25) is 0 Å². The number of hydrogen-bond acceptors (Lipinski definition) is 5. The van der Waals surface area contributed by atoms with Gasteiger partial charge in [-0.2, -0.15) is 18.3 Å². The van der Waals surface area contributed by atoms with Gasteiger partial charge >= 0.3 is 12.1 Å². The Morgan fingerprint density at radius 1 is 1.07 bits per heavy atom. The van der Waals surface area contributed by atoms with Crippen LogP contribution in [0, 0.1) is 5.41 Å². The lowest BCUT2D eigenvalue weighted by atomic mass is 9.74. The molecule has 0 atom stereocenters. The Kier molecular flexibility index (Phi) is 8.52. The molecule has 0 bridgehead atoms. The molecule has 2 aromatic rings. The minimum Gasteiger partial charge on any atom is -0.481 e. The lowest BCUT2D eigenvalue weighted by Crippen LogP contribution is -2.45. The average molecular weight is 607 g/mol. The SMILES string of the molecule is CC1(C(=O)O)CCC(n2ncc(C(=O)N(CC(=O)c3c(Cl)cncc3Cl)CC3(F)CCCC3)c2C(F)(F)F)CC1. The molecular weight excluding hydrogens is 579 g/mol. The van der Waals surface area contributed by atoms with Crippen LogP contribution in [0.4, 0.5) is 17.6 Å². The van der Waals surface area contributed by atoms with E-state index in [1.165, 1.54) is 0 Å². The zero-order chi connectivity index (χ0) is 29.5. The standard InChI is InChI=1S/C26H28Cl2F4N4O4/c1-24(23(39)40)8-4-15(5-9-24)36-21(26(30,31)32)16(10-34-36)22(38)35(14-25(29)6-2-3-7-25)13-19(37)20-17(27)11-33-12-18(20)28/h10-12,15H,2-9,13-14H2,1H3,(H,39,40). The van der Waals surface area contributed by atoms with E-state index in [1.807, 2.05) is 0 Å². The van der Waals surface area contributed by atoms with Gasteiger partial charge in [0.1, 0.15) is 5.67 Å². The number of carboxylic acid groups (broad SMARTS) is 1. The van der Waals surface area contributed by atoms with Crippen LogP contribution in [-0.2, 0) is 11.0 Å². The van der Waals surface area contributed by atoms with Crippen molar-refractivity contribution < 1.29 is 37.1 Å². The number of aliphatic carboxylic acids is 1. The van der Waals surface area contributed by atoms with Crippen LogP contribution >= 0.6 is 23.2 Å². The third-order valence-corrected chi connectivity index (χ3v) is 8.52. The molecule has 2 aromatic heterocycles. The van der Waals surface area contributed by atoms with Gasteiger partial charge in [-0.15, -0.1) is 0 Å². The summed E-state index contributed by atoms with van der Waals surface area (Å²) in [5.41, 5.74) is -5.25. The van der Waals surface area contributed by atoms with Crippen molar-refractivity contribution in [2.45, 2.75) is 76.2 Å². The molecule has 0 radical (unpaired) electrons. The second-order valence-corrected chi connectivity index (χ2v) is 11.7. The van der Waals surface area contributed by atoms with Crippen molar-refractivity contribution in [1.82, 2.24) is 19.7 Å². The molecule has 8 nitrogen and oxygen atoms in total. The molecule has 2 aliphatic rings. The molecule has 4 rings (SSSR count). The Labute approximate surface area is 237 Å². The number of carbonyl (C=O) groups is 3. The second-order valence-electron chi connectivity index (χ2n) is 10.9. The van der Waals surface area contributed by atoms with Crippen molar-refractivity contribution >= 4 is 40.9 Å². The monoisotopic (exact) mass is 606 g/mol. The number of alkyl halides is 4. The normalized spacial score (nSPS) is 22.7. The third-order valence-electron chi connectivity index (χ3n) is 7.94. The van der Waals surface area contributed by atoms with Crippen LogP contribution < -0.4 is 0 Å². The Morgan fingerprint density at radius 2 is 1.65 bits per heavy atom. The first-order chi connectivity index (χ1) is 18.7. The highest BCUT2D eigenvalue weighted by Gasteiger charge is 2.46. The number of halogens is 6. The zero-order valence-corrected chi connectivity index (χ0v) is 23.1. The zero-order valence-electron chi connectivity index (χ0n) is 21.6. The van der Waals surface area contributed by atoms with Gasteiger partial charge in [0.25, 0.3) is 5.91 Å². The molecule has 0 aliphatic heterocycles. The van der Waals surface area contributed by atoms with Gasteiger partial charge in [-0.3, -0.25) is 24.0 Å². The summed E-state index contributed by atoms with van der Waals surface area (Å²) < 4.78 is 59.5. The highest BCUT2D eigenvalue weighted by Crippen LogP contribution is 2.44. The first kappa shape index (κ1) is 30.2. The van der Waals surface area contributed by atoms with E-state index in [2.05, 4.69) is 10.1 Å². The van der Waals surface area contributed by atoms with E-state index in [4.69, 9.17) is 23.2 Å². The minimum absolute atomic E-state index is 0.0948. The van der Waals surface area contributed by atoms with Crippen LogP contribution in [0.3, 0.4) is 0 Å². The Morgan fingerprint density at radius 3 is 2.17 bits per heavy atom. The fourth-order valence-corrected chi connectivity index (χ4v) is 6.16. The molecule has 0 unspecified atom stereocenters. The molecule has 1 N–H and O–H groups in total. The first-order valence-electron chi connectivity index (χ1n) is 12.8. The molecule has 0 saturated heterocycles. The number of nitrogens with zero attached hydrogens (tertiary/aromatic N) is 4. The summed E-state index contributed by atoms with van der Waals surface area (Å²) in [6, 6.07) is -0.794. The maximum atomic E-state index is 15.6. The molecule has 2 aliphatic carbocycles. The van der Waals surface area contributed by atoms with E-state index < -0.39 is 65.3 Å². The smallest absolute Gasteiger partial charge is 0.433 e. The Hall–Kier alpha value is -2.73. The number of hydrogen-bond donors (Lipinski definition) is 1. The minimum atomic E-state index is -5.01. The highest BCUT2D eigenvalue weighted by atomic mass is 35.5. The van der Waals surface area contributed by atoms with Crippen LogP contribution in [0.15, 0.2) is 18.6 Å². The van der Waals surface area contributed by atoms with Crippen molar-refractivity contribution in [3.05, 3.63) is 45.5 Å². The lowest BCUT2D eigenvalue weighted by molar-refractivity contribution is -0.152. The van der Waals surface area contributed by atoms with Gasteiger partial charge in [-0.1, -0.05) is 36.0 Å². The van der Waals surface area contributed by atoms with Crippen LogP contribution in [0.2, 0.25) is 10.0 Å². The summed E-state index contributed by atoms with van der Waals surface area (Å²) in [6.45, 7) is 0.178. The molecule has 2 heterocycles. The van der Waals surface area contributed by atoms with Crippen LogP contribution in [0.1, 0.15) is 90.7 Å². The summed E-state index contributed by atoms with van der Waals surface area (Å²) in [7, 11) is 0. The number of carbonyl (C=O) groups excluding carboxylic acids is 2. The molecule has 40 heavy (non-hydrogen) atoms. The predicted molar refractivity (Wildman–Crippen MR) is 137 cm³/mol. The molecule has 2 saturated carbocycles. The maximum Gasteiger partial charge on any atom is 0.433 e. The van der Waals surface area contributed by atoms with E-state index in [-0.39, 0.29) is 54.1 Å². The maximum absolute atomic E-state index is 15.6. The number of aromatic nitrogens is 3. The number of carboxylic acids is 1. The van der Waals surface area contributed by atoms with Gasteiger partial charge in [0.15, 0.2) is 11.5 Å². The van der Waals surface area contributed by atoms with Crippen LogP contribution in [0.5, 0.6) is 0 Å². The quantitative estimate of drug-likeness (QED) is 0.275. The summed E-state index contributed by atoms with van der Waals surface area (Å²) in [5, 5.41) is 13.1. The molecule has 14 heteroatoms. The number of ketones is 1. The second kappa shape index (κ2) is 11.3. The first-order valence-corrected chi connectivity index (χ1v) is 13.6. The van der Waals surface area contributed by atoms with Gasteiger partial charge in [0, 0.05) is 12.4 Å². The lowest BCUT2D eigenvalue weighted by Gasteiger charge is -2.34. The summed E-state index contributed by atoms with van der Waals surface area (Å²) in [6.07, 6.45) is -0.173. The van der Waals surface area contributed by atoms with Crippen molar-refractivity contribution in [3.8, 4) is 0 Å². The molecule has 1 amide bonds. The van der Waals surface area contributed by atoms with Gasteiger partial charge in [0.05, 0.1) is 51.9 Å². The number of Topliss-reactive ketones (excluding diaryl/α,β-unsaturated/α-hetero) is 1. The van der Waals surface area contributed by atoms with Crippen LogP contribution in [0.25, 0.3) is 0 Å². The predicted octanol–water partition coefficient (Wildman–Crippen LogP) is 6.42. The van der Waals surface area contributed by atoms with Gasteiger partial charge < -0.3 is 10.0 Å². The molecule has 2 fully saturated rings. The molecule has 0 spiro atoms.